The number of anilines is 3. The standard InChI is InChI=1S/C26H25N3O5/c1-4-18(20-13-16(14-34-20)15-9-6-5-7-10-15)28-21-22(24(31)23(21)30)29-19-12-8-11-17(25(19)33-3)26(32)27-2/h5-14,18,28-29H,4H2,1-3H3,(H,27,32). The van der Waals surface area contributed by atoms with Crippen LogP contribution in [-0.4, -0.2) is 20.1 Å². The third-order valence-electron chi connectivity index (χ3n) is 5.66. The first-order valence-electron chi connectivity index (χ1n) is 10.9. The Morgan fingerprint density at radius 2 is 1.74 bits per heavy atom. The summed E-state index contributed by atoms with van der Waals surface area (Å²) in [6.45, 7) is 1.96. The molecule has 174 valence electrons. The number of rotatable bonds is 9. The lowest BCUT2D eigenvalue weighted by atomic mass is 10.1. The molecule has 0 aliphatic rings. The smallest absolute Gasteiger partial charge is 0.254 e. The fraction of sp³-hybridized carbons (Fsp3) is 0.192. The van der Waals surface area contributed by atoms with Crippen molar-refractivity contribution in [2.75, 3.05) is 24.8 Å². The van der Waals surface area contributed by atoms with Crippen molar-refractivity contribution in [2.24, 2.45) is 0 Å². The van der Waals surface area contributed by atoms with Crippen LogP contribution in [0, 0.1) is 0 Å². The van der Waals surface area contributed by atoms with E-state index in [9.17, 15) is 14.4 Å². The lowest BCUT2D eigenvalue weighted by molar-refractivity contribution is 0.0960. The Labute approximate surface area is 196 Å². The van der Waals surface area contributed by atoms with Crippen LogP contribution in [0.4, 0.5) is 17.1 Å². The molecule has 0 bridgehead atoms. The molecule has 3 N–H and O–H groups in total. The molecule has 4 aromatic rings. The zero-order valence-electron chi connectivity index (χ0n) is 19.1. The summed E-state index contributed by atoms with van der Waals surface area (Å²) in [5.74, 6) is 0.591. The molecule has 0 saturated heterocycles. The second-order valence-electron chi connectivity index (χ2n) is 7.71. The zero-order chi connectivity index (χ0) is 24.2. The maximum absolute atomic E-state index is 12.4. The number of carbonyl (C=O) groups excluding carboxylic acids is 1. The predicted octanol–water partition coefficient (Wildman–Crippen LogP) is 4.22. The summed E-state index contributed by atoms with van der Waals surface area (Å²) in [7, 11) is 2.95. The third-order valence-corrected chi connectivity index (χ3v) is 5.66. The lowest BCUT2D eigenvalue weighted by Gasteiger charge is -2.21. The van der Waals surface area contributed by atoms with Crippen LogP contribution in [-0.2, 0) is 0 Å². The van der Waals surface area contributed by atoms with E-state index in [4.69, 9.17) is 9.15 Å². The first-order chi connectivity index (χ1) is 16.5. The van der Waals surface area contributed by atoms with Crippen LogP contribution >= 0.6 is 0 Å². The highest BCUT2D eigenvalue weighted by Gasteiger charge is 2.26. The predicted molar refractivity (Wildman–Crippen MR) is 132 cm³/mol. The first kappa shape index (κ1) is 22.8. The molecule has 1 aromatic heterocycles. The summed E-state index contributed by atoms with van der Waals surface area (Å²) < 4.78 is 11.2. The zero-order valence-corrected chi connectivity index (χ0v) is 19.1. The summed E-state index contributed by atoms with van der Waals surface area (Å²) in [6, 6.07) is 16.4. The molecule has 1 heterocycles. The maximum Gasteiger partial charge on any atom is 0.254 e. The van der Waals surface area contributed by atoms with E-state index >= 15 is 0 Å². The summed E-state index contributed by atoms with van der Waals surface area (Å²) >= 11 is 0. The van der Waals surface area contributed by atoms with Gasteiger partial charge in [0.25, 0.3) is 16.8 Å². The fourth-order valence-corrected chi connectivity index (χ4v) is 3.82. The van der Waals surface area contributed by atoms with Crippen molar-refractivity contribution >= 4 is 23.0 Å². The van der Waals surface area contributed by atoms with E-state index in [-0.39, 0.29) is 29.1 Å². The SMILES string of the molecule is CCC(Nc1c(Nc2cccc(C(=O)NC)c2OC)c(=O)c1=O)c1cc(-c2ccccc2)co1. The molecule has 0 radical (unpaired) electrons. The minimum atomic E-state index is -0.644. The normalized spacial score (nSPS) is 11.7. The number of amides is 1. The quantitative estimate of drug-likeness (QED) is 0.322. The van der Waals surface area contributed by atoms with Crippen LogP contribution in [0.3, 0.4) is 0 Å². The Morgan fingerprint density at radius 3 is 2.41 bits per heavy atom. The highest BCUT2D eigenvalue weighted by atomic mass is 16.5. The monoisotopic (exact) mass is 459 g/mol. The average Bonchev–Trinajstić information content (AvgIpc) is 3.38. The number of para-hydroxylation sites is 1. The van der Waals surface area contributed by atoms with E-state index in [1.165, 1.54) is 14.2 Å². The fourth-order valence-electron chi connectivity index (χ4n) is 3.82. The molecule has 8 heteroatoms. The van der Waals surface area contributed by atoms with Gasteiger partial charge in [0.15, 0.2) is 5.75 Å². The highest BCUT2D eigenvalue weighted by molar-refractivity contribution is 5.99. The molecule has 4 rings (SSSR count). The van der Waals surface area contributed by atoms with Crippen LogP contribution in [0.2, 0.25) is 0 Å². The van der Waals surface area contributed by atoms with Crippen molar-refractivity contribution in [3.05, 3.63) is 92.6 Å². The molecular weight excluding hydrogens is 434 g/mol. The Kier molecular flexibility index (Phi) is 6.49. The van der Waals surface area contributed by atoms with Gasteiger partial charge in [0, 0.05) is 12.6 Å². The molecule has 1 unspecified atom stereocenters. The number of benzene rings is 2. The number of furan rings is 1. The summed E-state index contributed by atoms with van der Waals surface area (Å²) in [5.41, 5.74) is 1.68. The molecule has 0 aliphatic carbocycles. The third kappa shape index (κ3) is 4.17. The maximum atomic E-state index is 12.4. The van der Waals surface area contributed by atoms with E-state index in [1.54, 1.807) is 24.5 Å². The minimum Gasteiger partial charge on any atom is -0.494 e. The van der Waals surface area contributed by atoms with Crippen LogP contribution in [0.25, 0.3) is 11.1 Å². The number of ether oxygens (including phenoxy) is 1. The van der Waals surface area contributed by atoms with Crippen molar-refractivity contribution < 1.29 is 13.9 Å². The van der Waals surface area contributed by atoms with Gasteiger partial charge in [-0.2, -0.15) is 0 Å². The van der Waals surface area contributed by atoms with Crippen LogP contribution in [0.5, 0.6) is 5.75 Å². The second-order valence-corrected chi connectivity index (χ2v) is 7.71. The van der Waals surface area contributed by atoms with Gasteiger partial charge in [-0.3, -0.25) is 14.4 Å². The van der Waals surface area contributed by atoms with Crippen molar-refractivity contribution in [2.45, 2.75) is 19.4 Å². The van der Waals surface area contributed by atoms with Crippen molar-refractivity contribution in [1.82, 2.24) is 5.32 Å². The van der Waals surface area contributed by atoms with E-state index in [1.807, 2.05) is 43.3 Å². The Morgan fingerprint density at radius 1 is 1.00 bits per heavy atom. The van der Waals surface area contributed by atoms with Crippen LogP contribution in [0.15, 0.2) is 74.9 Å². The largest absolute Gasteiger partial charge is 0.494 e. The summed E-state index contributed by atoms with van der Waals surface area (Å²) in [6.07, 6.45) is 2.29. The Bertz CT molecular complexity index is 1380. The van der Waals surface area contributed by atoms with E-state index < -0.39 is 10.9 Å². The van der Waals surface area contributed by atoms with Gasteiger partial charge in [-0.25, -0.2) is 0 Å². The highest BCUT2D eigenvalue weighted by Crippen LogP contribution is 2.34. The van der Waals surface area contributed by atoms with Gasteiger partial charge in [-0.05, 0) is 30.2 Å². The molecule has 1 amide bonds. The van der Waals surface area contributed by atoms with Gasteiger partial charge in [0.05, 0.1) is 30.7 Å². The molecule has 0 fully saturated rings. The van der Waals surface area contributed by atoms with Gasteiger partial charge >= 0.3 is 0 Å². The Hall–Kier alpha value is -4.33. The number of carbonyl (C=O) groups is 1. The van der Waals surface area contributed by atoms with Gasteiger partial charge in [0.1, 0.15) is 17.1 Å². The van der Waals surface area contributed by atoms with Crippen LogP contribution in [0.1, 0.15) is 35.5 Å². The lowest BCUT2D eigenvalue weighted by Crippen LogP contribution is -2.37. The molecule has 3 aromatic carbocycles. The first-order valence-corrected chi connectivity index (χ1v) is 10.9. The topological polar surface area (TPSA) is 110 Å². The molecule has 34 heavy (non-hydrogen) atoms. The van der Waals surface area contributed by atoms with E-state index in [0.29, 0.717) is 23.4 Å². The molecule has 0 spiro atoms. The molecule has 1 atom stereocenters. The van der Waals surface area contributed by atoms with Gasteiger partial charge in [-0.15, -0.1) is 0 Å². The van der Waals surface area contributed by atoms with Crippen molar-refractivity contribution in [3.8, 4) is 16.9 Å². The van der Waals surface area contributed by atoms with E-state index in [0.717, 1.165) is 11.1 Å². The number of nitrogens with one attached hydrogen (secondary N) is 3. The van der Waals surface area contributed by atoms with Crippen molar-refractivity contribution in [1.29, 1.82) is 0 Å². The molecular formula is C26H25N3O5. The average molecular weight is 460 g/mol. The number of hydrogen-bond donors (Lipinski definition) is 3. The number of methoxy groups -OCH3 is 1. The molecule has 0 aliphatic heterocycles. The summed E-state index contributed by atoms with van der Waals surface area (Å²) in [5, 5.41) is 8.68. The molecule has 8 nitrogen and oxygen atoms in total. The van der Waals surface area contributed by atoms with Crippen LogP contribution < -0.4 is 31.5 Å². The van der Waals surface area contributed by atoms with E-state index in [2.05, 4.69) is 16.0 Å². The second kappa shape index (κ2) is 9.66. The van der Waals surface area contributed by atoms with Crippen molar-refractivity contribution in [3.63, 3.8) is 0 Å². The van der Waals surface area contributed by atoms with Gasteiger partial charge < -0.3 is 25.1 Å². The number of hydrogen-bond acceptors (Lipinski definition) is 7. The summed E-state index contributed by atoms with van der Waals surface area (Å²) in [4.78, 5) is 37.0. The minimum absolute atomic E-state index is 0.116. The van der Waals surface area contributed by atoms with Gasteiger partial charge in [0.2, 0.25) is 0 Å². The molecule has 0 saturated carbocycles. The Balaban J connectivity index is 1.61. The van der Waals surface area contributed by atoms with Gasteiger partial charge in [-0.1, -0.05) is 43.3 Å².